The lowest BCUT2D eigenvalue weighted by Gasteiger charge is -2.39. The maximum atomic E-state index is 10.1. The summed E-state index contributed by atoms with van der Waals surface area (Å²) in [5, 5.41) is 19.3. The van der Waals surface area contributed by atoms with Crippen molar-refractivity contribution in [3.8, 4) is 0 Å². The summed E-state index contributed by atoms with van der Waals surface area (Å²) in [5.74, 6) is 0. The molecule has 0 aromatic carbocycles. The Morgan fingerprint density at radius 1 is 1.58 bits per heavy atom. The Bertz CT molecular complexity index is 144. The van der Waals surface area contributed by atoms with E-state index >= 15 is 0 Å². The molecule has 0 spiro atoms. The highest BCUT2D eigenvalue weighted by Crippen LogP contribution is 2.39. The van der Waals surface area contributed by atoms with Crippen LogP contribution in [0.1, 0.15) is 26.7 Å². The van der Waals surface area contributed by atoms with E-state index in [1.807, 2.05) is 13.8 Å². The summed E-state index contributed by atoms with van der Waals surface area (Å²) in [6.07, 6.45) is 1.40. The molecule has 12 heavy (non-hydrogen) atoms. The molecule has 3 nitrogen and oxygen atoms in total. The van der Waals surface area contributed by atoms with Crippen molar-refractivity contribution in [3.63, 3.8) is 0 Å². The van der Waals surface area contributed by atoms with E-state index < -0.39 is 11.0 Å². The minimum Gasteiger partial charge on any atom is -0.396 e. The van der Waals surface area contributed by atoms with Gasteiger partial charge in [-0.3, -0.25) is 0 Å². The second-order valence-electron chi connectivity index (χ2n) is 3.91. The van der Waals surface area contributed by atoms with Gasteiger partial charge in [0.25, 0.3) is 0 Å². The molecule has 3 heteroatoms. The minimum absolute atomic E-state index is 0.0172. The Hall–Kier alpha value is -0.120. The first-order valence-electron chi connectivity index (χ1n) is 4.49. The molecule has 1 fully saturated rings. The maximum absolute atomic E-state index is 10.1. The monoisotopic (exact) mass is 174 g/mol. The smallest absolute Gasteiger partial charge is 0.0976 e. The molecule has 0 aromatic heterocycles. The van der Waals surface area contributed by atoms with Crippen LogP contribution in [0.3, 0.4) is 0 Å². The van der Waals surface area contributed by atoms with Crippen molar-refractivity contribution in [2.45, 2.75) is 32.3 Å². The Morgan fingerprint density at radius 2 is 2.25 bits per heavy atom. The number of rotatable bonds is 3. The molecule has 1 heterocycles. The van der Waals surface area contributed by atoms with Crippen LogP contribution in [0.5, 0.6) is 0 Å². The molecule has 1 aliphatic heterocycles. The molecule has 0 radical (unpaired) electrons. The van der Waals surface area contributed by atoms with Crippen molar-refractivity contribution >= 4 is 0 Å². The Kier molecular flexibility index (Phi) is 2.76. The number of aliphatic hydroxyl groups excluding tert-OH is 1. The predicted octanol–water partition coefficient (Wildman–Crippen LogP) is 0.546. The molecule has 72 valence electrons. The molecule has 0 saturated carbocycles. The third-order valence-electron chi connectivity index (χ3n) is 3.25. The fourth-order valence-electron chi connectivity index (χ4n) is 1.62. The summed E-state index contributed by atoms with van der Waals surface area (Å²) in [6.45, 7) is 4.86. The number of aliphatic hydroxyl groups is 2. The van der Waals surface area contributed by atoms with E-state index in [4.69, 9.17) is 4.74 Å². The molecule has 1 aliphatic rings. The summed E-state index contributed by atoms with van der Waals surface area (Å²) in [6, 6.07) is 0. The van der Waals surface area contributed by atoms with Crippen molar-refractivity contribution in [2.75, 3.05) is 19.8 Å². The van der Waals surface area contributed by atoms with Gasteiger partial charge in [-0.05, 0) is 6.42 Å². The van der Waals surface area contributed by atoms with Crippen molar-refractivity contribution < 1.29 is 14.9 Å². The van der Waals surface area contributed by atoms with Gasteiger partial charge in [0.2, 0.25) is 0 Å². The fourth-order valence-corrected chi connectivity index (χ4v) is 1.62. The second-order valence-corrected chi connectivity index (χ2v) is 3.91. The van der Waals surface area contributed by atoms with Crippen molar-refractivity contribution in [3.05, 3.63) is 0 Å². The average Bonchev–Trinajstić information content (AvgIpc) is 2.52. The molecule has 2 unspecified atom stereocenters. The molecule has 1 rings (SSSR count). The highest BCUT2D eigenvalue weighted by atomic mass is 16.5. The maximum Gasteiger partial charge on any atom is 0.0976 e. The first-order valence-corrected chi connectivity index (χ1v) is 4.49. The van der Waals surface area contributed by atoms with Crippen LogP contribution in [0, 0.1) is 5.41 Å². The minimum atomic E-state index is -0.823. The zero-order chi connectivity index (χ0) is 9.24. The molecule has 0 amide bonds. The van der Waals surface area contributed by atoms with E-state index in [9.17, 15) is 10.2 Å². The number of ether oxygens (including phenoxy) is 1. The van der Waals surface area contributed by atoms with Gasteiger partial charge < -0.3 is 14.9 Å². The van der Waals surface area contributed by atoms with Gasteiger partial charge >= 0.3 is 0 Å². The summed E-state index contributed by atoms with van der Waals surface area (Å²) < 4.78 is 5.15. The van der Waals surface area contributed by atoms with E-state index in [2.05, 4.69) is 0 Å². The summed E-state index contributed by atoms with van der Waals surface area (Å²) in [4.78, 5) is 0. The molecule has 0 aromatic rings. The lowest BCUT2D eigenvalue weighted by atomic mass is 9.71. The third-order valence-corrected chi connectivity index (χ3v) is 3.25. The topological polar surface area (TPSA) is 49.7 Å². The first-order chi connectivity index (χ1) is 5.58. The van der Waals surface area contributed by atoms with E-state index in [0.29, 0.717) is 19.6 Å². The van der Waals surface area contributed by atoms with Gasteiger partial charge in [-0.2, -0.15) is 0 Å². The molecular formula is C9H18O3. The van der Waals surface area contributed by atoms with Gasteiger partial charge in [0.1, 0.15) is 0 Å². The highest BCUT2D eigenvalue weighted by Gasteiger charge is 2.47. The standard InChI is InChI=1S/C9H18O3/c1-3-8(2,6-10)9(11)4-5-12-7-9/h10-11H,3-7H2,1-2H3. The summed E-state index contributed by atoms with van der Waals surface area (Å²) in [5.41, 5.74) is -1.24. The van der Waals surface area contributed by atoms with Gasteiger partial charge in [0.05, 0.1) is 18.8 Å². The summed E-state index contributed by atoms with van der Waals surface area (Å²) in [7, 11) is 0. The van der Waals surface area contributed by atoms with E-state index in [1.54, 1.807) is 0 Å². The van der Waals surface area contributed by atoms with E-state index in [0.717, 1.165) is 6.42 Å². The van der Waals surface area contributed by atoms with Crippen molar-refractivity contribution in [1.29, 1.82) is 0 Å². The number of hydrogen-bond donors (Lipinski definition) is 2. The Labute approximate surface area is 73.4 Å². The molecule has 0 bridgehead atoms. The fraction of sp³-hybridized carbons (Fsp3) is 1.00. The second kappa shape index (κ2) is 3.32. The van der Waals surface area contributed by atoms with Crippen LogP contribution in [-0.2, 0) is 4.74 Å². The van der Waals surface area contributed by atoms with Crippen LogP contribution in [0.25, 0.3) is 0 Å². The quantitative estimate of drug-likeness (QED) is 0.656. The van der Waals surface area contributed by atoms with Crippen LogP contribution in [0.2, 0.25) is 0 Å². The normalized spacial score (nSPS) is 35.0. The predicted molar refractivity (Wildman–Crippen MR) is 45.9 cm³/mol. The molecular weight excluding hydrogens is 156 g/mol. The van der Waals surface area contributed by atoms with Gasteiger partial charge in [-0.25, -0.2) is 0 Å². The molecule has 0 aliphatic carbocycles. The third kappa shape index (κ3) is 1.37. The van der Waals surface area contributed by atoms with Crippen molar-refractivity contribution in [1.82, 2.24) is 0 Å². The largest absolute Gasteiger partial charge is 0.396 e. The lowest BCUT2D eigenvalue weighted by Crippen LogP contribution is -2.49. The highest BCUT2D eigenvalue weighted by molar-refractivity contribution is 4.97. The van der Waals surface area contributed by atoms with Gasteiger partial charge in [-0.15, -0.1) is 0 Å². The van der Waals surface area contributed by atoms with Gasteiger partial charge in [0.15, 0.2) is 0 Å². The van der Waals surface area contributed by atoms with Crippen LogP contribution < -0.4 is 0 Å². The number of hydrogen-bond acceptors (Lipinski definition) is 3. The van der Waals surface area contributed by atoms with Crippen LogP contribution in [0.15, 0.2) is 0 Å². The lowest BCUT2D eigenvalue weighted by molar-refractivity contribution is -0.103. The average molecular weight is 174 g/mol. The summed E-state index contributed by atoms with van der Waals surface area (Å²) >= 11 is 0. The molecule has 2 N–H and O–H groups in total. The first kappa shape index (κ1) is 9.96. The SMILES string of the molecule is CCC(C)(CO)C1(O)CCOC1. The van der Waals surface area contributed by atoms with Crippen LogP contribution in [0.4, 0.5) is 0 Å². The zero-order valence-electron chi connectivity index (χ0n) is 7.84. The molecule has 2 atom stereocenters. The Balaban J connectivity index is 2.75. The van der Waals surface area contributed by atoms with Crippen LogP contribution >= 0.6 is 0 Å². The van der Waals surface area contributed by atoms with Crippen LogP contribution in [-0.4, -0.2) is 35.6 Å². The molecule has 1 saturated heterocycles. The van der Waals surface area contributed by atoms with Gasteiger partial charge in [0, 0.05) is 18.4 Å². The van der Waals surface area contributed by atoms with E-state index in [1.165, 1.54) is 0 Å². The van der Waals surface area contributed by atoms with E-state index in [-0.39, 0.29) is 6.61 Å². The Morgan fingerprint density at radius 3 is 2.58 bits per heavy atom. The van der Waals surface area contributed by atoms with Gasteiger partial charge in [-0.1, -0.05) is 13.8 Å². The zero-order valence-corrected chi connectivity index (χ0v) is 7.84. The van der Waals surface area contributed by atoms with Crippen molar-refractivity contribution in [2.24, 2.45) is 5.41 Å².